The lowest BCUT2D eigenvalue weighted by atomic mass is 10.1. The smallest absolute Gasteiger partial charge is 0.250 e. The fourth-order valence-corrected chi connectivity index (χ4v) is 4.65. The SMILES string of the molecule is CCCCc1ccc(-n2nc3ccc(NC(=S)NC(=O)C=Cc4ccc(-c5cccc(Cl)c5Cl)o4)cc3n2)cc1. The lowest BCUT2D eigenvalue weighted by molar-refractivity contribution is -0.115. The van der Waals surface area contributed by atoms with Crippen molar-refractivity contribution in [2.75, 3.05) is 5.32 Å². The number of furan rings is 1. The summed E-state index contributed by atoms with van der Waals surface area (Å²) >= 11 is 17.7. The van der Waals surface area contributed by atoms with Crippen LogP contribution < -0.4 is 10.6 Å². The van der Waals surface area contributed by atoms with Gasteiger partial charge in [-0.25, -0.2) is 0 Å². The van der Waals surface area contributed by atoms with Crippen LogP contribution in [0.1, 0.15) is 31.1 Å². The summed E-state index contributed by atoms with van der Waals surface area (Å²) in [6.07, 6.45) is 6.28. The van der Waals surface area contributed by atoms with E-state index in [1.54, 1.807) is 41.2 Å². The van der Waals surface area contributed by atoms with Gasteiger partial charge in [-0.05, 0) is 91.3 Å². The fourth-order valence-electron chi connectivity index (χ4n) is 4.04. The Kier molecular flexibility index (Phi) is 8.60. The minimum absolute atomic E-state index is 0.148. The Bertz CT molecular complexity index is 1710. The Labute approximate surface area is 246 Å². The molecule has 1 amide bonds. The van der Waals surface area contributed by atoms with Gasteiger partial charge in [0, 0.05) is 17.3 Å². The van der Waals surface area contributed by atoms with Crippen LogP contribution in [0.5, 0.6) is 0 Å². The van der Waals surface area contributed by atoms with Crippen molar-refractivity contribution in [1.82, 2.24) is 20.3 Å². The van der Waals surface area contributed by atoms with Crippen molar-refractivity contribution in [2.45, 2.75) is 26.2 Å². The highest BCUT2D eigenvalue weighted by Crippen LogP contribution is 2.34. The monoisotopic (exact) mass is 589 g/mol. The summed E-state index contributed by atoms with van der Waals surface area (Å²) in [6.45, 7) is 2.19. The second-order valence-electron chi connectivity index (χ2n) is 9.04. The third-order valence-corrected chi connectivity index (χ3v) is 7.13. The molecule has 0 spiro atoms. The van der Waals surface area contributed by atoms with Crippen molar-refractivity contribution < 1.29 is 9.21 Å². The number of carbonyl (C=O) groups is 1. The molecule has 5 aromatic rings. The van der Waals surface area contributed by atoms with Crippen molar-refractivity contribution in [3.63, 3.8) is 0 Å². The van der Waals surface area contributed by atoms with E-state index in [2.05, 4.69) is 39.9 Å². The van der Waals surface area contributed by atoms with E-state index < -0.39 is 5.91 Å². The summed E-state index contributed by atoms with van der Waals surface area (Å²) in [5.74, 6) is 0.607. The Morgan fingerprint density at radius 2 is 1.82 bits per heavy atom. The Morgan fingerprint density at radius 3 is 2.62 bits per heavy atom. The number of anilines is 1. The topological polar surface area (TPSA) is 85.0 Å². The van der Waals surface area contributed by atoms with Gasteiger partial charge in [0.05, 0.1) is 15.7 Å². The quantitative estimate of drug-likeness (QED) is 0.141. The van der Waals surface area contributed by atoms with Crippen LogP contribution >= 0.6 is 35.4 Å². The zero-order chi connectivity index (χ0) is 28.1. The summed E-state index contributed by atoms with van der Waals surface area (Å²) in [6, 6.07) is 22.6. The van der Waals surface area contributed by atoms with Crippen molar-refractivity contribution in [3.8, 4) is 17.0 Å². The maximum atomic E-state index is 12.4. The summed E-state index contributed by atoms with van der Waals surface area (Å²) < 4.78 is 5.78. The van der Waals surface area contributed by atoms with Crippen LogP contribution in [-0.4, -0.2) is 26.0 Å². The molecule has 0 saturated heterocycles. The molecular weight excluding hydrogens is 565 g/mol. The average Bonchev–Trinajstić information content (AvgIpc) is 3.59. The van der Waals surface area contributed by atoms with Gasteiger partial charge in [-0.1, -0.05) is 54.7 Å². The largest absolute Gasteiger partial charge is 0.457 e. The van der Waals surface area contributed by atoms with E-state index in [1.807, 2.05) is 30.3 Å². The molecule has 2 heterocycles. The van der Waals surface area contributed by atoms with Crippen LogP contribution in [-0.2, 0) is 11.2 Å². The standard InChI is InChI=1S/C30H25Cl2N5O2S/c1-2-3-5-19-8-11-21(12-9-19)37-35-25-15-10-20(18-26(25)36-37)33-30(40)34-28(38)17-14-22-13-16-27(39-22)23-6-4-7-24(31)29(23)32/h4,6-18H,2-3,5H2,1H3,(H2,33,34,38,40). The van der Waals surface area contributed by atoms with Gasteiger partial charge in [0.1, 0.15) is 22.6 Å². The van der Waals surface area contributed by atoms with Gasteiger partial charge in [-0.3, -0.25) is 10.1 Å². The second kappa shape index (κ2) is 12.5. The molecule has 0 bridgehead atoms. The van der Waals surface area contributed by atoms with E-state index >= 15 is 0 Å². The first-order valence-corrected chi connectivity index (χ1v) is 13.9. The van der Waals surface area contributed by atoms with E-state index in [0.29, 0.717) is 38.3 Å². The third kappa shape index (κ3) is 6.59. The Hall–Kier alpha value is -3.98. The van der Waals surface area contributed by atoms with Gasteiger partial charge in [0.2, 0.25) is 5.91 Å². The van der Waals surface area contributed by atoms with E-state index in [-0.39, 0.29) is 5.11 Å². The highest BCUT2D eigenvalue weighted by Gasteiger charge is 2.11. The molecule has 2 aromatic heterocycles. The highest BCUT2D eigenvalue weighted by atomic mass is 35.5. The number of halogens is 2. The molecule has 40 heavy (non-hydrogen) atoms. The van der Waals surface area contributed by atoms with Gasteiger partial charge >= 0.3 is 0 Å². The number of nitrogens with one attached hydrogen (secondary N) is 2. The minimum Gasteiger partial charge on any atom is -0.457 e. The molecule has 0 aliphatic heterocycles. The second-order valence-corrected chi connectivity index (χ2v) is 10.2. The van der Waals surface area contributed by atoms with Gasteiger partial charge < -0.3 is 9.73 Å². The summed E-state index contributed by atoms with van der Waals surface area (Å²) in [7, 11) is 0. The molecule has 0 atom stereocenters. The minimum atomic E-state index is -0.411. The van der Waals surface area contributed by atoms with Gasteiger partial charge in [0.25, 0.3) is 0 Å². The van der Waals surface area contributed by atoms with Crippen LogP contribution in [0.2, 0.25) is 10.0 Å². The van der Waals surface area contributed by atoms with E-state index in [9.17, 15) is 4.79 Å². The maximum absolute atomic E-state index is 12.4. The molecule has 10 heteroatoms. The van der Waals surface area contributed by atoms with Crippen LogP contribution in [0.25, 0.3) is 34.1 Å². The Balaban J connectivity index is 1.19. The number of thiocarbonyl (C=S) groups is 1. The van der Waals surface area contributed by atoms with E-state index in [4.69, 9.17) is 39.8 Å². The molecule has 0 saturated carbocycles. The van der Waals surface area contributed by atoms with Gasteiger partial charge in [0.15, 0.2) is 5.11 Å². The van der Waals surface area contributed by atoms with Gasteiger partial charge in [-0.2, -0.15) is 4.80 Å². The number of carbonyl (C=O) groups excluding carboxylic acids is 1. The van der Waals surface area contributed by atoms with Crippen molar-refractivity contribution in [3.05, 3.63) is 100 Å². The first-order chi connectivity index (χ1) is 19.4. The normalized spacial score (nSPS) is 11.3. The molecule has 0 unspecified atom stereocenters. The molecule has 0 radical (unpaired) electrons. The lowest BCUT2D eigenvalue weighted by Crippen LogP contribution is -2.32. The molecule has 7 nitrogen and oxygen atoms in total. The third-order valence-electron chi connectivity index (χ3n) is 6.10. The predicted octanol–water partition coefficient (Wildman–Crippen LogP) is 7.86. The van der Waals surface area contributed by atoms with Crippen molar-refractivity contribution >= 4 is 69.2 Å². The molecule has 202 valence electrons. The molecule has 3 aromatic carbocycles. The number of amides is 1. The van der Waals surface area contributed by atoms with Crippen molar-refractivity contribution in [2.24, 2.45) is 0 Å². The van der Waals surface area contributed by atoms with Crippen molar-refractivity contribution in [1.29, 1.82) is 0 Å². The first kappa shape index (κ1) is 27.6. The molecule has 0 aliphatic carbocycles. The Morgan fingerprint density at radius 1 is 1.02 bits per heavy atom. The van der Waals surface area contributed by atoms with Crippen LogP contribution in [0.15, 0.2) is 83.3 Å². The van der Waals surface area contributed by atoms with Crippen LogP contribution in [0.3, 0.4) is 0 Å². The molecule has 5 rings (SSSR count). The first-order valence-electron chi connectivity index (χ1n) is 12.7. The average molecular weight is 591 g/mol. The summed E-state index contributed by atoms with van der Waals surface area (Å²) in [5.41, 5.74) is 4.98. The van der Waals surface area contributed by atoms with Gasteiger partial charge in [-0.15, -0.1) is 10.2 Å². The molecule has 0 aliphatic rings. The number of unbranched alkanes of at least 4 members (excludes halogenated alkanes) is 1. The summed E-state index contributed by atoms with van der Waals surface area (Å²) in [4.78, 5) is 14.0. The number of hydrogen-bond donors (Lipinski definition) is 2. The predicted molar refractivity (Wildman–Crippen MR) is 165 cm³/mol. The fraction of sp³-hybridized carbons (Fsp3) is 0.133. The van der Waals surface area contributed by atoms with E-state index in [0.717, 1.165) is 17.6 Å². The lowest BCUT2D eigenvalue weighted by Gasteiger charge is -2.07. The van der Waals surface area contributed by atoms with E-state index in [1.165, 1.54) is 24.5 Å². The molecular formula is C30H25Cl2N5O2S. The number of nitrogens with zero attached hydrogens (tertiary/aromatic N) is 3. The number of aromatic nitrogens is 3. The zero-order valence-electron chi connectivity index (χ0n) is 21.5. The van der Waals surface area contributed by atoms with Crippen LogP contribution in [0, 0.1) is 0 Å². The molecule has 0 fully saturated rings. The number of fused-ring (bicyclic) bond motifs is 1. The molecule has 2 N–H and O–H groups in total. The highest BCUT2D eigenvalue weighted by molar-refractivity contribution is 7.80. The number of aryl methyl sites for hydroxylation is 1. The van der Waals surface area contributed by atoms with Crippen LogP contribution in [0.4, 0.5) is 5.69 Å². The number of benzene rings is 3. The number of hydrogen-bond acceptors (Lipinski definition) is 5. The number of rotatable bonds is 8. The maximum Gasteiger partial charge on any atom is 0.250 e. The zero-order valence-corrected chi connectivity index (χ0v) is 23.9. The summed E-state index contributed by atoms with van der Waals surface area (Å²) in [5, 5.41) is 15.8.